The molecule has 0 spiro atoms. The molecule has 0 atom stereocenters. The molecule has 0 fully saturated rings. The van der Waals surface area contributed by atoms with Crippen LogP contribution in [0.15, 0.2) is 18.2 Å². The van der Waals surface area contributed by atoms with Gasteiger partial charge in [0.25, 0.3) is 5.91 Å². The third kappa shape index (κ3) is 3.32. The van der Waals surface area contributed by atoms with E-state index in [-0.39, 0.29) is 18.9 Å². The number of carboxylic acids is 1. The number of fused-ring (bicyclic) bond motifs is 1. The van der Waals surface area contributed by atoms with E-state index in [1.54, 1.807) is 7.05 Å². The maximum Gasteiger partial charge on any atom is 0.305 e. The molecule has 19 heavy (non-hydrogen) atoms. The van der Waals surface area contributed by atoms with Crippen molar-refractivity contribution in [2.24, 2.45) is 0 Å². The minimum atomic E-state index is -0.894. The highest BCUT2D eigenvalue weighted by Gasteiger charge is 2.15. The van der Waals surface area contributed by atoms with E-state index in [1.807, 2.05) is 18.2 Å². The first-order chi connectivity index (χ1) is 9.08. The molecule has 0 aliphatic carbocycles. The van der Waals surface area contributed by atoms with Crippen molar-refractivity contribution in [2.45, 2.75) is 19.4 Å². The van der Waals surface area contributed by atoms with Crippen molar-refractivity contribution in [3.63, 3.8) is 0 Å². The Kier molecular flexibility index (Phi) is 4.16. The van der Waals surface area contributed by atoms with Gasteiger partial charge in [-0.05, 0) is 36.2 Å². The number of benzene rings is 1. The number of carbonyl (C=O) groups is 2. The monoisotopic (exact) mass is 262 g/mol. The van der Waals surface area contributed by atoms with Crippen molar-refractivity contribution in [2.75, 3.05) is 20.1 Å². The minimum absolute atomic E-state index is 0.0330. The number of rotatable bonds is 4. The fourth-order valence-electron chi connectivity index (χ4n) is 2.20. The maximum absolute atomic E-state index is 12.2. The molecule has 1 heterocycles. The lowest BCUT2D eigenvalue weighted by Gasteiger charge is -2.20. The first kappa shape index (κ1) is 13.5. The topological polar surface area (TPSA) is 69.6 Å². The largest absolute Gasteiger partial charge is 0.481 e. The van der Waals surface area contributed by atoms with Gasteiger partial charge in [0.1, 0.15) is 0 Å². The third-order valence-electron chi connectivity index (χ3n) is 3.35. The molecule has 0 radical (unpaired) electrons. The maximum atomic E-state index is 12.2. The van der Waals surface area contributed by atoms with Gasteiger partial charge in [-0.3, -0.25) is 9.59 Å². The Hall–Kier alpha value is -1.88. The summed E-state index contributed by atoms with van der Waals surface area (Å²) in [5.41, 5.74) is 3.06. The number of nitrogens with zero attached hydrogens (tertiary/aromatic N) is 1. The Morgan fingerprint density at radius 3 is 2.89 bits per heavy atom. The molecule has 5 nitrogen and oxygen atoms in total. The van der Waals surface area contributed by atoms with Gasteiger partial charge < -0.3 is 15.3 Å². The fraction of sp³-hybridized carbons (Fsp3) is 0.429. The summed E-state index contributed by atoms with van der Waals surface area (Å²) in [5, 5.41) is 11.9. The Morgan fingerprint density at radius 1 is 1.37 bits per heavy atom. The standard InChI is InChI=1S/C14H18N2O3/c1-16(7-5-13(17)18)14(19)11-3-2-10-4-6-15-9-12(10)8-11/h2-3,8,15H,4-7,9H2,1H3,(H,17,18). The molecule has 0 saturated carbocycles. The zero-order valence-corrected chi connectivity index (χ0v) is 11.0. The molecule has 102 valence electrons. The van der Waals surface area contributed by atoms with Crippen LogP contribution in [0.2, 0.25) is 0 Å². The molecule has 1 aromatic rings. The SMILES string of the molecule is CN(CCC(=O)O)C(=O)c1ccc2c(c1)CNCC2. The van der Waals surface area contributed by atoms with Crippen LogP contribution in [0.25, 0.3) is 0 Å². The minimum Gasteiger partial charge on any atom is -0.481 e. The van der Waals surface area contributed by atoms with Crippen LogP contribution in [0.1, 0.15) is 27.9 Å². The fourth-order valence-corrected chi connectivity index (χ4v) is 2.20. The molecule has 0 unspecified atom stereocenters. The number of aliphatic carboxylic acids is 1. The van der Waals surface area contributed by atoms with Crippen molar-refractivity contribution in [3.05, 3.63) is 34.9 Å². The van der Waals surface area contributed by atoms with Gasteiger partial charge in [-0.15, -0.1) is 0 Å². The van der Waals surface area contributed by atoms with Crippen LogP contribution in [0.3, 0.4) is 0 Å². The summed E-state index contributed by atoms with van der Waals surface area (Å²) < 4.78 is 0. The molecule has 1 aromatic carbocycles. The summed E-state index contributed by atoms with van der Waals surface area (Å²) in [6.45, 7) is 1.98. The second-order valence-corrected chi connectivity index (χ2v) is 4.78. The van der Waals surface area contributed by atoms with Gasteiger partial charge in [-0.25, -0.2) is 0 Å². The average Bonchev–Trinajstić information content (AvgIpc) is 2.43. The summed E-state index contributed by atoms with van der Waals surface area (Å²) >= 11 is 0. The van der Waals surface area contributed by atoms with Crippen LogP contribution in [-0.2, 0) is 17.8 Å². The molecule has 1 aliphatic rings. The van der Waals surface area contributed by atoms with Gasteiger partial charge in [0.05, 0.1) is 6.42 Å². The number of nitrogens with one attached hydrogen (secondary N) is 1. The quantitative estimate of drug-likeness (QED) is 0.845. The first-order valence-electron chi connectivity index (χ1n) is 6.37. The molecule has 5 heteroatoms. The zero-order chi connectivity index (χ0) is 13.8. The highest BCUT2D eigenvalue weighted by molar-refractivity contribution is 5.94. The Morgan fingerprint density at radius 2 is 2.16 bits per heavy atom. The highest BCUT2D eigenvalue weighted by Crippen LogP contribution is 2.16. The number of carboxylic acid groups (broad SMARTS) is 1. The van der Waals surface area contributed by atoms with Crippen LogP contribution >= 0.6 is 0 Å². The van der Waals surface area contributed by atoms with E-state index in [0.717, 1.165) is 25.1 Å². The molecule has 2 rings (SSSR count). The Labute approximate surface area is 112 Å². The van der Waals surface area contributed by atoms with Crippen molar-refractivity contribution >= 4 is 11.9 Å². The summed E-state index contributed by atoms with van der Waals surface area (Å²) in [5.74, 6) is -1.02. The predicted molar refractivity (Wildman–Crippen MR) is 71.1 cm³/mol. The average molecular weight is 262 g/mol. The molecular formula is C14H18N2O3. The molecule has 1 amide bonds. The van der Waals surface area contributed by atoms with Gasteiger partial charge in [-0.2, -0.15) is 0 Å². The molecule has 0 bridgehead atoms. The number of hydrogen-bond acceptors (Lipinski definition) is 3. The summed E-state index contributed by atoms with van der Waals surface area (Å²) in [6.07, 6.45) is 0.952. The van der Waals surface area contributed by atoms with Crippen LogP contribution in [-0.4, -0.2) is 42.0 Å². The second kappa shape index (κ2) is 5.84. The second-order valence-electron chi connectivity index (χ2n) is 4.78. The van der Waals surface area contributed by atoms with Crippen LogP contribution in [0.4, 0.5) is 0 Å². The van der Waals surface area contributed by atoms with Crippen LogP contribution in [0, 0.1) is 0 Å². The highest BCUT2D eigenvalue weighted by atomic mass is 16.4. The lowest BCUT2D eigenvalue weighted by Crippen LogP contribution is -2.30. The van der Waals surface area contributed by atoms with Gasteiger partial charge in [0.2, 0.25) is 0 Å². The number of amides is 1. The van der Waals surface area contributed by atoms with Gasteiger partial charge >= 0.3 is 5.97 Å². The van der Waals surface area contributed by atoms with E-state index in [2.05, 4.69) is 5.32 Å². The summed E-state index contributed by atoms with van der Waals surface area (Å²) in [4.78, 5) is 24.1. The van der Waals surface area contributed by atoms with E-state index >= 15 is 0 Å². The van der Waals surface area contributed by atoms with Crippen molar-refractivity contribution in [1.82, 2.24) is 10.2 Å². The van der Waals surface area contributed by atoms with Crippen LogP contribution in [0.5, 0.6) is 0 Å². The Bertz CT molecular complexity index is 499. The molecular weight excluding hydrogens is 244 g/mol. The van der Waals surface area contributed by atoms with Gasteiger partial charge in [0, 0.05) is 25.7 Å². The van der Waals surface area contributed by atoms with Crippen molar-refractivity contribution in [3.8, 4) is 0 Å². The van der Waals surface area contributed by atoms with E-state index in [0.29, 0.717) is 5.56 Å². The summed E-state index contributed by atoms with van der Waals surface area (Å²) in [6, 6.07) is 5.72. The van der Waals surface area contributed by atoms with E-state index in [1.165, 1.54) is 10.5 Å². The smallest absolute Gasteiger partial charge is 0.305 e. The molecule has 0 aromatic heterocycles. The zero-order valence-electron chi connectivity index (χ0n) is 11.0. The van der Waals surface area contributed by atoms with Gasteiger partial charge in [0.15, 0.2) is 0 Å². The number of hydrogen-bond donors (Lipinski definition) is 2. The molecule has 0 saturated heterocycles. The van der Waals surface area contributed by atoms with Crippen LogP contribution < -0.4 is 5.32 Å². The lowest BCUT2D eigenvalue weighted by molar-refractivity contribution is -0.137. The first-order valence-corrected chi connectivity index (χ1v) is 6.37. The van der Waals surface area contributed by atoms with E-state index in [4.69, 9.17) is 5.11 Å². The third-order valence-corrected chi connectivity index (χ3v) is 3.35. The predicted octanol–water partition coefficient (Wildman–Crippen LogP) is 0.879. The van der Waals surface area contributed by atoms with E-state index < -0.39 is 5.97 Å². The molecule has 1 aliphatic heterocycles. The van der Waals surface area contributed by atoms with Crippen molar-refractivity contribution in [1.29, 1.82) is 0 Å². The van der Waals surface area contributed by atoms with Gasteiger partial charge in [-0.1, -0.05) is 6.07 Å². The number of carbonyl (C=O) groups excluding carboxylic acids is 1. The Balaban J connectivity index is 2.08. The normalized spacial score (nSPS) is 13.7. The lowest BCUT2D eigenvalue weighted by atomic mass is 9.98. The van der Waals surface area contributed by atoms with Crippen molar-refractivity contribution < 1.29 is 14.7 Å². The summed E-state index contributed by atoms with van der Waals surface area (Å²) in [7, 11) is 1.63. The van der Waals surface area contributed by atoms with E-state index in [9.17, 15) is 9.59 Å². The molecule has 2 N–H and O–H groups in total.